The molecule has 1 aromatic heterocycles. The van der Waals surface area contributed by atoms with Crippen LogP contribution in [0.2, 0.25) is 5.02 Å². The Labute approximate surface area is 134 Å². The van der Waals surface area contributed by atoms with Crippen molar-refractivity contribution in [2.24, 2.45) is 5.73 Å². The highest BCUT2D eigenvalue weighted by Crippen LogP contribution is 2.37. The third-order valence-electron chi connectivity index (χ3n) is 2.21. The Balaban J connectivity index is 2.39. The highest BCUT2D eigenvalue weighted by molar-refractivity contribution is 9.11. The lowest BCUT2D eigenvalue weighted by molar-refractivity contribution is 0.891. The van der Waals surface area contributed by atoms with Crippen molar-refractivity contribution in [1.82, 2.24) is 0 Å². The molecule has 2 rings (SSSR count). The van der Waals surface area contributed by atoms with Crippen molar-refractivity contribution in [2.75, 3.05) is 0 Å². The molecule has 2 aromatic rings. The van der Waals surface area contributed by atoms with Gasteiger partial charge in [0.05, 0.1) is 14.9 Å². The van der Waals surface area contributed by atoms with Crippen LogP contribution in [0.15, 0.2) is 37.0 Å². The molecule has 0 saturated heterocycles. The summed E-state index contributed by atoms with van der Waals surface area (Å²) >= 11 is 17.9. The summed E-state index contributed by atoms with van der Waals surface area (Å²) in [6, 6.07) is 7.73. The van der Waals surface area contributed by atoms with Crippen molar-refractivity contribution in [3.05, 3.63) is 52.5 Å². The minimum atomic E-state index is -0.169. The summed E-state index contributed by atoms with van der Waals surface area (Å²) in [7, 11) is 0. The molecule has 0 bridgehead atoms. The van der Waals surface area contributed by atoms with Crippen molar-refractivity contribution in [3.63, 3.8) is 0 Å². The van der Waals surface area contributed by atoms with Gasteiger partial charge in [-0.25, -0.2) is 0 Å². The first-order chi connectivity index (χ1) is 7.97. The van der Waals surface area contributed by atoms with Gasteiger partial charge in [0.2, 0.25) is 0 Å². The van der Waals surface area contributed by atoms with Gasteiger partial charge in [0.1, 0.15) is 0 Å². The number of benzene rings is 1. The van der Waals surface area contributed by atoms with Gasteiger partial charge in [-0.05, 0) is 45.8 Å². The summed E-state index contributed by atoms with van der Waals surface area (Å²) in [6.07, 6.45) is 0. The van der Waals surface area contributed by atoms with Gasteiger partial charge < -0.3 is 5.73 Å². The predicted octanol–water partition coefficient (Wildman–Crippen LogP) is 5.74. The normalized spacial score (nSPS) is 12.8. The maximum absolute atomic E-state index is 6.23. The molecule has 0 radical (unpaired) electrons. The van der Waals surface area contributed by atoms with Crippen molar-refractivity contribution >= 4 is 70.7 Å². The van der Waals surface area contributed by atoms with Gasteiger partial charge in [0.15, 0.2) is 0 Å². The molecule has 0 aliphatic carbocycles. The van der Waals surface area contributed by atoms with E-state index >= 15 is 0 Å². The van der Waals surface area contributed by atoms with E-state index in [-0.39, 0.29) is 6.04 Å². The van der Waals surface area contributed by atoms with E-state index in [1.54, 1.807) is 11.3 Å². The van der Waals surface area contributed by atoms with Gasteiger partial charge in [-0.15, -0.1) is 11.3 Å². The fourth-order valence-corrected chi connectivity index (χ4v) is 4.54. The Morgan fingerprint density at radius 2 is 1.65 bits per heavy atom. The topological polar surface area (TPSA) is 26.0 Å². The highest BCUT2D eigenvalue weighted by atomic mass is 79.9. The van der Waals surface area contributed by atoms with Crippen LogP contribution < -0.4 is 5.73 Å². The van der Waals surface area contributed by atoms with Crippen LogP contribution in [0.3, 0.4) is 0 Å². The molecule has 0 amide bonds. The Bertz CT molecular complexity index is 516. The molecule has 1 nitrogen and oxygen atoms in total. The second kappa shape index (κ2) is 5.72. The molecule has 2 N–H and O–H groups in total. The van der Waals surface area contributed by atoms with E-state index in [2.05, 4.69) is 47.8 Å². The molecule has 0 saturated carbocycles. The first-order valence-corrected chi connectivity index (χ1v) is 8.21. The summed E-state index contributed by atoms with van der Waals surface area (Å²) in [5.74, 6) is 0. The van der Waals surface area contributed by atoms with E-state index in [1.807, 2.05) is 24.3 Å². The number of nitrogens with two attached hydrogens (primary N) is 1. The lowest BCUT2D eigenvalue weighted by atomic mass is 10.1. The molecule has 17 heavy (non-hydrogen) atoms. The summed E-state index contributed by atoms with van der Waals surface area (Å²) in [5, 5.41) is 0.703. The van der Waals surface area contributed by atoms with E-state index in [0.29, 0.717) is 5.02 Å². The molecule has 0 aliphatic heterocycles. The Morgan fingerprint density at radius 1 is 1.06 bits per heavy atom. The zero-order valence-electron chi connectivity index (χ0n) is 8.38. The SMILES string of the molecule is NC(c1cc(Br)cc(Br)c1)c1cc(Cl)c(Br)s1. The summed E-state index contributed by atoms with van der Waals surface area (Å²) in [4.78, 5) is 1.03. The minimum absolute atomic E-state index is 0.169. The molecule has 0 aliphatic rings. The van der Waals surface area contributed by atoms with E-state index in [0.717, 1.165) is 23.2 Å². The Morgan fingerprint density at radius 3 is 2.12 bits per heavy atom. The maximum atomic E-state index is 6.23. The minimum Gasteiger partial charge on any atom is -0.320 e. The number of rotatable bonds is 2. The molecular formula is C11H7Br3ClNS. The molecule has 0 spiro atoms. The first-order valence-electron chi connectivity index (χ1n) is 4.63. The van der Waals surface area contributed by atoms with Gasteiger partial charge in [-0.2, -0.15) is 0 Å². The zero-order chi connectivity index (χ0) is 12.6. The van der Waals surface area contributed by atoms with Crippen molar-refractivity contribution < 1.29 is 0 Å². The van der Waals surface area contributed by atoms with Crippen LogP contribution in [0.1, 0.15) is 16.5 Å². The van der Waals surface area contributed by atoms with Crippen LogP contribution >= 0.6 is 70.7 Å². The molecule has 90 valence electrons. The molecule has 1 atom stereocenters. The van der Waals surface area contributed by atoms with Crippen LogP contribution in [0.4, 0.5) is 0 Å². The second-order valence-corrected chi connectivity index (χ2v) is 8.09. The fraction of sp³-hybridized carbons (Fsp3) is 0.0909. The number of thiophene rings is 1. The summed E-state index contributed by atoms with van der Waals surface area (Å²) in [6.45, 7) is 0. The average Bonchev–Trinajstić information content (AvgIpc) is 2.57. The number of hydrogen-bond acceptors (Lipinski definition) is 2. The summed E-state index contributed by atoms with van der Waals surface area (Å²) in [5.41, 5.74) is 7.26. The van der Waals surface area contributed by atoms with E-state index in [9.17, 15) is 0 Å². The Kier molecular flexibility index (Phi) is 4.72. The first kappa shape index (κ1) is 14.0. The molecular weight excluding hydrogens is 453 g/mol. The lowest BCUT2D eigenvalue weighted by Crippen LogP contribution is -2.10. The molecule has 0 fully saturated rings. The Hall–Kier alpha value is 0.610. The van der Waals surface area contributed by atoms with Crippen LogP contribution in [0.5, 0.6) is 0 Å². The average molecular weight is 460 g/mol. The smallest absolute Gasteiger partial charge is 0.0888 e. The lowest BCUT2D eigenvalue weighted by Gasteiger charge is -2.11. The van der Waals surface area contributed by atoms with Gasteiger partial charge in [0.25, 0.3) is 0 Å². The van der Waals surface area contributed by atoms with Gasteiger partial charge in [0, 0.05) is 13.8 Å². The quantitative estimate of drug-likeness (QED) is 0.608. The molecule has 1 aromatic carbocycles. The number of hydrogen-bond donors (Lipinski definition) is 1. The van der Waals surface area contributed by atoms with Crippen LogP contribution in [-0.2, 0) is 0 Å². The monoisotopic (exact) mass is 457 g/mol. The third kappa shape index (κ3) is 3.33. The zero-order valence-corrected chi connectivity index (χ0v) is 14.7. The van der Waals surface area contributed by atoms with Crippen molar-refractivity contribution in [2.45, 2.75) is 6.04 Å². The third-order valence-corrected chi connectivity index (χ3v) is 5.69. The van der Waals surface area contributed by atoms with Gasteiger partial charge in [-0.1, -0.05) is 43.5 Å². The van der Waals surface area contributed by atoms with Crippen molar-refractivity contribution in [1.29, 1.82) is 0 Å². The molecule has 6 heteroatoms. The standard InChI is InChI=1S/C11H7Br3ClNS/c12-6-1-5(2-7(13)3-6)10(16)9-4-8(15)11(14)17-9/h1-4,10H,16H2. The van der Waals surface area contributed by atoms with Crippen LogP contribution in [-0.4, -0.2) is 0 Å². The maximum Gasteiger partial charge on any atom is 0.0888 e. The predicted molar refractivity (Wildman–Crippen MR) is 84.9 cm³/mol. The molecule has 1 unspecified atom stereocenters. The fourth-order valence-electron chi connectivity index (χ4n) is 1.44. The van der Waals surface area contributed by atoms with E-state index in [4.69, 9.17) is 17.3 Å². The van der Waals surface area contributed by atoms with Crippen LogP contribution in [0.25, 0.3) is 0 Å². The highest BCUT2D eigenvalue weighted by Gasteiger charge is 2.14. The summed E-state index contributed by atoms with van der Waals surface area (Å²) < 4.78 is 2.91. The van der Waals surface area contributed by atoms with E-state index < -0.39 is 0 Å². The van der Waals surface area contributed by atoms with Gasteiger partial charge >= 0.3 is 0 Å². The molecule has 1 heterocycles. The van der Waals surface area contributed by atoms with Crippen molar-refractivity contribution in [3.8, 4) is 0 Å². The largest absolute Gasteiger partial charge is 0.320 e. The second-order valence-electron chi connectivity index (χ2n) is 3.45. The van der Waals surface area contributed by atoms with E-state index in [1.165, 1.54) is 0 Å². The van der Waals surface area contributed by atoms with Gasteiger partial charge in [-0.3, -0.25) is 0 Å². The van der Waals surface area contributed by atoms with Crippen LogP contribution in [0, 0.1) is 0 Å². The number of halogens is 4.